The van der Waals surface area contributed by atoms with E-state index in [1.54, 1.807) is 21.3 Å². The van der Waals surface area contributed by atoms with Crippen LogP contribution in [0.3, 0.4) is 0 Å². The van der Waals surface area contributed by atoms with E-state index >= 15 is 0 Å². The lowest BCUT2D eigenvalue weighted by Crippen LogP contribution is -1.84. The van der Waals surface area contributed by atoms with Gasteiger partial charge in [0.15, 0.2) is 0 Å². The molecule has 9 nitrogen and oxygen atoms in total. The van der Waals surface area contributed by atoms with Gasteiger partial charge in [-0.25, -0.2) is 0 Å². The first-order valence-corrected chi connectivity index (χ1v) is 18.3. The smallest absolute Gasteiger partial charge is 0.135 e. The van der Waals surface area contributed by atoms with Gasteiger partial charge in [-0.05, 0) is 111 Å². The molecule has 9 rings (SSSR count). The van der Waals surface area contributed by atoms with E-state index in [4.69, 9.17) is 14.2 Å². The number of aryl methyl sites for hydroxylation is 3. The summed E-state index contributed by atoms with van der Waals surface area (Å²) < 4.78 is 18.8. The summed E-state index contributed by atoms with van der Waals surface area (Å²) in [5.74, 6) is 2.49. The van der Waals surface area contributed by atoms with Gasteiger partial charge in [0.1, 0.15) is 17.2 Å². The topological polar surface area (TPSA) is 114 Å². The predicted octanol–water partition coefficient (Wildman–Crippen LogP) is 12.0. The largest absolute Gasteiger partial charge is 0.497 e. The first kappa shape index (κ1) is 37.6. The molecule has 0 fully saturated rings. The Kier molecular flexibility index (Phi) is 11.2. The average Bonchev–Trinajstić information content (AvgIpc) is 3.82. The van der Waals surface area contributed by atoms with Crippen molar-refractivity contribution in [2.24, 2.45) is 0 Å². The maximum Gasteiger partial charge on any atom is 0.135 e. The number of fused-ring (bicyclic) bond motifs is 9. The highest BCUT2D eigenvalue weighted by Crippen LogP contribution is 2.38. The third-order valence-corrected chi connectivity index (χ3v) is 11.0. The molecule has 0 radical (unpaired) electrons. The standard InChI is InChI=1S/3C13H11BrN2O.BrH/c1-7-13-9(3-4-15-7)12-10(14)5-8(17-2)6-11(12)16-13;1-7-13-8(3-4-15-7)9-5-10(14)12(17-2)6-11(9)16-13;1-7-12-9(5-6-15-7)8-3-4-10(17-2)11(14)13(8)16-12;/h3*3-6,16H,1-2H3;1H. The quantitative estimate of drug-likeness (QED) is 0.163. The molecule has 266 valence electrons. The van der Waals surface area contributed by atoms with Gasteiger partial charge in [0.2, 0.25) is 0 Å². The molecule has 0 aliphatic carbocycles. The molecular formula is C39H34Br4N6O3. The lowest BCUT2D eigenvalue weighted by Gasteiger charge is -2.03. The summed E-state index contributed by atoms with van der Waals surface area (Å²) in [5, 5.41) is 7.09. The molecule has 0 saturated carbocycles. The number of hydrogen-bond donors (Lipinski definition) is 3. The van der Waals surface area contributed by atoms with Crippen molar-refractivity contribution in [3.05, 3.63) is 104 Å². The number of pyridine rings is 3. The Morgan fingerprint density at radius 3 is 1.65 bits per heavy atom. The maximum absolute atomic E-state index is 5.30. The second kappa shape index (κ2) is 15.4. The number of benzene rings is 3. The van der Waals surface area contributed by atoms with Gasteiger partial charge >= 0.3 is 0 Å². The Hall–Kier alpha value is -4.17. The van der Waals surface area contributed by atoms with Crippen molar-refractivity contribution < 1.29 is 14.2 Å². The van der Waals surface area contributed by atoms with Crippen LogP contribution in [-0.4, -0.2) is 51.2 Å². The molecule has 6 heterocycles. The van der Waals surface area contributed by atoms with Crippen LogP contribution in [0.15, 0.2) is 86.6 Å². The van der Waals surface area contributed by atoms with Crippen LogP contribution in [0, 0.1) is 20.8 Å². The first-order chi connectivity index (χ1) is 24.6. The summed E-state index contributed by atoms with van der Waals surface area (Å²) in [4.78, 5) is 23.1. The Morgan fingerprint density at radius 1 is 0.500 bits per heavy atom. The molecule has 9 aromatic rings. The van der Waals surface area contributed by atoms with Crippen LogP contribution < -0.4 is 14.2 Å². The molecule has 0 aliphatic rings. The highest BCUT2D eigenvalue weighted by molar-refractivity contribution is 9.11. The van der Waals surface area contributed by atoms with Gasteiger partial charge in [-0.3, -0.25) is 15.0 Å². The summed E-state index contributed by atoms with van der Waals surface area (Å²) >= 11 is 10.7. The Balaban J connectivity index is 0.000000133. The number of aromatic nitrogens is 6. The molecule has 3 aromatic carbocycles. The van der Waals surface area contributed by atoms with Crippen molar-refractivity contribution in [1.82, 2.24) is 29.9 Å². The first-order valence-electron chi connectivity index (χ1n) is 15.9. The van der Waals surface area contributed by atoms with E-state index in [9.17, 15) is 0 Å². The lowest BCUT2D eigenvalue weighted by atomic mass is 10.1. The predicted molar refractivity (Wildman–Crippen MR) is 228 cm³/mol. The van der Waals surface area contributed by atoms with E-state index in [0.717, 1.165) is 80.8 Å². The van der Waals surface area contributed by atoms with E-state index in [2.05, 4.69) is 89.8 Å². The van der Waals surface area contributed by atoms with Crippen LogP contribution in [-0.2, 0) is 0 Å². The van der Waals surface area contributed by atoms with E-state index < -0.39 is 0 Å². The number of halogens is 4. The average molecular weight is 954 g/mol. The Labute approximate surface area is 335 Å². The van der Waals surface area contributed by atoms with Gasteiger partial charge in [0, 0.05) is 67.5 Å². The number of nitrogens with zero attached hydrogens (tertiary/aromatic N) is 3. The second-order valence-corrected chi connectivity index (χ2v) is 14.4. The van der Waals surface area contributed by atoms with Gasteiger partial charge in [0.05, 0.1) is 80.5 Å². The van der Waals surface area contributed by atoms with E-state index in [-0.39, 0.29) is 17.0 Å². The summed E-state index contributed by atoms with van der Waals surface area (Å²) in [6, 6.07) is 18.2. The fourth-order valence-electron chi connectivity index (χ4n) is 6.39. The third kappa shape index (κ3) is 6.75. The molecule has 0 saturated heterocycles. The van der Waals surface area contributed by atoms with Crippen molar-refractivity contribution in [2.75, 3.05) is 21.3 Å². The molecule has 0 aliphatic heterocycles. The lowest BCUT2D eigenvalue weighted by molar-refractivity contribution is 0.412. The highest BCUT2D eigenvalue weighted by Gasteiger charge is 2.14. The number of aromatic amines is 3. The minimum absolute atomic E-state index is 0. The van der Waals surface area contributed by atoms with Crippen molar-refractivity contribution in [3.8, 4) is 17.2 Å². The highest BCUT2D eigenvalue weighted by atomic mass is 79.9. The van der Waals surface area contributed by atoms with Crippen LogP contribution in [0.5, 0.6) is 17.2 Å². The van der Waals surface area contributed by atoms with Crippen molar-refractivity contribution in [1.29, 1.82) is 0 Å². The molecular weight excluding hydrogens is 920 g/mol. The fraction of sp³-hybridized carbons (Fsp3) is 0.154. The SMILES string of the molecule is Br.COc1cc(Br)c2c(c1)[nH]c1c(C)nccc12.COc1cc2[nH]c3c(C)nccc3c2cc1Br.COc1ccc2c([nH]c3c(C)nccc32)c1Br. The van der Waals surface area contributed by atoms with Gasteiger partial charge in [-0.2, -0.15) is 0 Å². The van der Waals surface area contributed by atoms with Gasteiger partial charge in [-0.1, -0.05) is 0 Å². The van der Waals surface area contributed by atoms with Gasteiger partial charge in [0.25, 0.3) is 0 Å². The minimum Gasteiger partial charge on any atom is -0.497 e. The van der Waals surface area contributed by atoms with Crippen LogP contribution >= 0.6 is 64.8 Å². The summed E-state index contributed by atoms with van der Waals surface area (Å²) in [7, 11) is 5.01. The van der Waals surface area contributed by atoms with E-state index in [0.29, 0.717) is 0 Å². The number of rotatable bonds is 3. The summed E-state index contributed by atoms with van der Waals surface area (Å²) in [5.41, 5.74) is 9.44. The molecule has 0 amide bonds. The molecule has 0 unspecified atom stereocenters. The monoisotopic (exact) mass is 950 g/mol. The number of nitrogens with one attached hydrogen (secondary N) is 3. The molecule has 0 bridgehead atoms. The Bertz CT molecular complexity index is 2730. The molecule has 52 heavy (non-hydrogen) atoms. The second-order valence-electron chi connectivity index (χ2n) is 11.9. The molecule has 0 spiro atoms. The molecule has 3 N–H and O–H groups in total. The van der Waals surface area contributed by atoms with Gasteiger partial charge < -0.3 is 29.2 Å². The van der Waals surface area contributed by atoms with Crippen LogP contribution in [0.2, 0.25) is 0 Å². The van der Waals surface area contributed by atoms with Crippen LogP contribution in [0.1, 0.15) is 17.1 Å². The van der Waals surface area contributed by atoms with Crippen molar-refractivity contribution >= 4 is 130 Å². The summed E-state index contributed by atoms with van der Waals surface area (Å²) in [6.07, 6.45) is 5.51. The van der Waals surface area contributed by atoms with Crippen molar-refractivity contribution in [2.45, 2.75) is 20.8 Å². The molecule has 0 atom stereocenters. The third-order valence-electron chi connectivity index (χ3n) is 8.96. The zero-order valence-electron chi connectivity index (χ0n) is 29.0. The number of hydrogen-bond acceptors (Lipinski definition) is 6. The number of H-pyrrole nitrogens is 3. The zero-order valence-corrected chi connectivity index (χ0v) is 35.5. The maximum atomic E-state index is 5.30. The fourth-order valence-corrected chi connectivity index (χ4v) is 8.16. The van der Waals surface area contributed by atoms with Crippen molar-refractivity contribution in [3.63, 3.8) is 0 Å². The Morgan fingerprint density at radius 2 is 1.04 bits per heavy atom. The minimum atomic E-state index is 0. The number of ether oxygens (including phenoxy) is 3. The zero-order chi connectivity index (χ0) is 36.0. The summed E-state index contributed by atoms with van der Waals surface area (Å²) in [6.45, 7) is 6.01. The van der Waals surface area contributed by atoms with E-state index in [1.807, 2.05) is 81.8 Å². The van der Waals surface area contributed by atoms with Crippen LogP contribution in [0.25, 0.3) is 65.4 Å². The molecule has 13 heteroatoms. The van der Waals surface area contributed by atoms with Gasteiger partial charge in [-0.15, -0.1) is 17.0 Å². The van der Waals surface area contributed by atoms with Crippen LogP contribution in [0.4, 0.5) is 0 Å². The normalized spacial score (nSPS) is 11.0. The van der Waals surface area contributed by atoms with E-state index in [1.165, 1.54) is 32.3 Å². The molecule has 6 aromatic heterocycles. The number of methoxy groups -OCH3 is 3.